The van der Waals surface area contributed by atoms with Crippen molar-refractivity contribution >= 4 is 11.7 Å². The summed E-state index contributed by atoms with van der Waals surface area (Å²) in [5, 5.41) is 2.96. The Morgan fingerprint density at radius 3 is 2.38 bits per heavy atom. The number of carbonyl (C=O) groups excluding carboxylic acids is 2. The topological polar surface area (TPSA) is 46.2 Å². The highest BCUT2D eigenvalue weighted by Crippen LogP contribution is 2.27. The normalized spacial score (nSPS) is 25.8. The van der Waals surface area contributed by atoms with Crippen LogP contribution in [0.3, 0.4) is 0 Å². The van der Waals surface area contributed by atoms with E-state index in [1.54, 1.807) is 6.08 Å². The lowest BCUT2D eigenvalue weighted by atomic mass is 9.81. The standard InChI is InChI=1S/C11H15NO2.C2H6/c13-9-6-4-8(5-7-9)10-2-1-3-11(14)12-10;1-2/h1,3,8,10H,2,4-7H2,(H,12,14);1-2H3. The highest BCUT2D eigenvalue weighted by Gasteiger charge is 2.27. The van der Waals surface area contributed by atoms with E-state index in [0.717, 1.165) is 19.3 Å². The quantitative estimate of drug-likeness (QED) is 0.741. The molecule has 90 valence electrons. The second-order valence-electron chi connectivity index (χ2n) is 4.13. The van der Waals surface area contributed by atoms with Crippen LogP contribution in [0, 0.1) is 5.92 Å². The third kappa shape index (κ3) is 3.47. The maximum absolute atomic E-state index is 11.1. The fourth-order valence-corrected chi connectivity index (χ4v) is 2.29. The van der Waals surface area contributed by atoms with Gasteiger partial charge in [-0.05, 0) is 31.3 Å². The number of amides is 1. The molecule has 0 aromatic heterocycles. The van der Waals surface area contributed by atoms with E-state index in [9.17, 15) is 9.59 Å². The fraction of sp³-hybridized carbons (Fsp3) is 0.692. The van der Waals surface area contributed by atoms with Crippen molar-refractivity contribution in [1.82, 2.24) is 5.32 Å². The van der Waals surface area contributed by atoms with Gasteiger partial charge in [-0.15, -0.1) is 0 Å². The van der Waals surface area contributed by atoms with Crippen LogP contribution in [0.5, 0.6) is 0 Å². The van der Waals surface area contributed by atoms with Crippen LogP contribution >= 0.6 is 0 Å². The van der Waals surface area contributed by atoms with Crippen LogP contribution in [0.25, 0.3) is 0 Å². The first-order valence-electron chi connectivity index (χ1n) is 6.24. The largest absolute Gasteiger partial charge is 0.349 e. The molecule has 0 saturated heterocycles. The number of hydrogen-bond donors (Lipinski definition) is 1. The summed E-state index contributed by atoms with van der Waals surface area (Å²) in [7, 11) is 0. The van der Waals surface area contributed by atoms with Gasteiger partial charge in [-0.25, -0.2) is 0 Å². The summed E-state index contributed by atoms with van der Waals surface area (Å²) in [5.41, 5.74) is 0. The second-order valence-corrected chi connectivity index (χ2v) is 4.13. The molecule has 2 rings (SSSR count). The fourth-order valence-electron chi connectivity index (χ4n) is 2.29. The third-order valence-electron chi connectivity index (χ3n) is 3.14. The molecule has 0 spiro atoms. The van der Waals surface area contributed by atoms with Crippen LogP contribution in [0.4, 0.5) is 0 Å². The summed E-state index contributed by atoms with van der Waals surface area (Å²) in [6.45, 7) is 4.00. The van der Waals surface area contributed by atoms with E-state index in [1.807, 2.05) is 19.9 Å². The average molecular weight is 223 g/mol. The van der Waals surface area contributed by atoms with Crippen molar-refractivity contribution in [3.8, 4) is 0 Å². The molecule has 0 aromatic carbocycles. The molecular formula is C13H21NO2. The Bertz CT molecular complexity index is 274. The predicted molar refractivity (Wildman–Crippen MR) is 64.0 cm³/mol. The van der Waals surface area contributed by atoms with Gasteiger partial charge in [-0.3, -0.25) is 9.59 Å². The van der Waals surface area contributed by atoms with Gasteiger partial charge < -0.3 is 5.32 Å². The Morgan fingerprint density at radius 1 is 1.19 bits per heavy atom. The Balaban J connectivity index is 0.000000606. The van der Waals surface area contributed by atoms with Gasteiger partial charge in [-0.2, -0.15) is 0 Å². The van der Waals surface area contributed by atoms with Gasteiger partial charge in [0, 0.05) is 18.9 Å². The molecule has 1 heterocycles. The molecule has 0 bridgehead atoms. The van der Waals surface area contributed by atoms with E-state index in [0.29, 0.717) is 24.5 Å². The average Bonchev–Trinajstić information content (AvgIpc) is 2.32. The van der Waals surface area contributed by atoms with Crippen molar-refractivity contribution in [2.75, 3.05) is 0 Å². The molecule has 1 N–H and O–H groups in total. The van der Waals surface area contributed by atoms with Gasteiger partial charge in [0.05, 0.1) is 0 Å². The SMILES string of the molecule is CC.O=C1CCC(C2CC=CC(=O)N2)CC1. The Morgan fingerprint density at radius 2 is 1.81 bits per heavy atom. The van der Waals surface area contributed by atoms with Crippen molar-refractivity contribution in [3.63, 3.8) is 0 Å². The van der Waals surface area contributed by atoms with E-state index in [2.05, 4.69) is 5.32 Å². The second kappa shape index (κ2) is 6.46. The molecule has 1 unspecified atom stereocenters. The summed E-state index contributed by atoms with van der Waals surface area (Å²) in [6, 6.07) is 0.264. The van der Waals surface area contributed by atoms with E-state index in [4.69, 9.17) is 0 Å². The molecule has 1 saturated carbocycles. The van der Waals surface area contributed by atoms with Crippen LogP contribution in [0.2, 0.25) is 0 Å². The monoisotopic (exact) mass is 223 g/mol. The highest BCUT2D eigenvalue weighted by molar-refractivity contribution is 5.88. The molecular weight excluding hydrogens is 202 g/mol. The number of carbonyl (C=O) groups is 2. The number of rotatable bonds is 1. The zero-order chi connectivity index (χ0) is 12.0. The zero-order valence-corrected chi connectivity index (χ0v) is 10.2. The van der Waals surface area contributed by atoms with E-state index < -0.39 is 0 Å². The zero-order valence-electron chi connectivity index (χ0n) is 10.2. The van der Waals surface area contributed by atoms with Crippen LogP contribution in [0.15, 0.2) is 12.2 Å². The molecule has 3 nitrogen and oxygen atoms in total. The number of hydrogen-bond acceptors (Lipinski definition) is 2. The Kier molecular flexibility index (Phi) is 5.23. The van der Waals surface area contributed by atoms with Gasteiger partial charge in [0.1, 0.15) is 5.78 Å². The minimum Gasteiger partial charge on any atom is -0.349 e. The molecule has 1 aliphatic carbocycles. The molecule has 3 heteroatoms. The van der Waals surface area contributed by atoms with E-state index in [-0.39, 0.29) is 11.9 Å². The van der Waals surface area contributed by atoms with Crippen molar-refractivity contribution in [1.29, 1.82) is 0 Å². The van der Waals surface area contributed by atoms with Gasteiger partial charge in [-0.1, -0.05) is 19.9 Å². The lowest BCUT2D eigenvalue weighted by Gasteiger charge is -2.31. The first kappa shape index (κ1) is 12.9. The van der Waals surface area contributed by atoms with Crippen LogP contribution in [-0.4, -0.2) is 17.7 Å². The number of nitrogens with one attached hydrogen (secondary N) is 1. The van der Waals surface area contributed by atoms with Crippen LogP contribution < -0.4 is 5.32 Å². The van der Waals surface area contributed by atoms with Gasteiger partial charge in [0.25, 0.3) is 0 Å². The summed E-state index contributed by atoms with van der Waals surface area (Å²) >= 11 is 0. The minimum atomic E-state index is 0.0122. The van der Waals surface area contributed by atoms with Gasteiger partial charge in [0.2, 0.25) is 5.91 Å². The predicted octanol–water partition coefficient (Wildman–Crippen LogP) is 2.22. The van der Waals surface area contributed by atoms with Crippen LogP contribution in [-0.2, 0) is 9.59 Å². The maximum Gasteiger partial charge on any atom is 0.243 e. The Labute approximate surface area is 97.3 Å². The van der Waals surface area contributed by atoms with E-state index in [1.165, 1.54) is 0 Å². The number of ketones is 1. The number of Topliss-reactive ketones (excluding diaryl/α,β-unsaturated/α-hetero) is 1. The third-order valence-corrected chi connectivity index (χ3v) is 3.14. The summed E-state index contributed by atoms with van der Waals surface area (Å²) in [5.74, 6) is 0.888. The van der Waals surface area contributed by atoms with Crippen molar-refractivity contribution in [2.24, 2.45) is 5.92 Å². The van der Waals surface area contributed by atoms with Gasteiger partial charge in [0.15, 0.2) is 0 Å². The summed E-state index contributed by atoms with van der Waals surface area (Å²) in [6.07, 6.45) is 7.71. The molecule has 1 fully saturated rings. The lowest BCUT2D eigenvalue weighted by molar-refractivity contribution is -0.121. The van der Waals surface area contributed by atoms with Gasteiger partial charge >= 0.3 is 0 Å². The molecule has 2 aliphatic rings. The molecule has 16 heavy (non-hydrogen) atoms. The Hall–Kier alpha value is -1.12. The summed E-state index contributed by atoms with van der Waals surface area (Å²) in [4.78, 5) is 22.2. The van der Waals surface area contributed by atoms with Crippen molar-refractivity contribution < 1.29 is 9.59 Å². The summed E-state index contributed by atoms with van der Waals surface area (Å²) < 4.78 is 0. The van der Waals surface area contributed by atoms with E-state index >= 15 is 0 Å². The molecule has 1 atom stereocenters. The van der Waals surface area contributed by atoms with Crippen LogP contribution in [0.1, 0.15) is 46.0 Å². The smallest absolute Gasteiger partial charge is 0.243 e. The van der Waals surface area contributed by atoms with Crippen molar-refractivity contribution in [3.05, 3.63) is 12.2 Å². The highest BCUT2D eigenvalue weighted by atomic mass is 16.1. The first-order valence-corrected chi connectivity index (χ1v) is 6.24. The molecule has 0 radical (unpaired) electrons. The maximum atomic E-state index is 11.1. The minimum absolute atomic E-state index is 0.0122. The molecule has 1 amide bonds. The van der Waals surface area contributed by atoms with Crippen molar-refractivity contribution in [2.45, 2.75) is 52.0 Å². The molecule has 1 aliphatic heterocycles. The first-order chi connectivity index (χ1) is 7.75. The molecule has 0 aromatic rings. The lowest BCUT2D eigenvalue weighted by Crippen LogP contribution is -2.42.